The van der Waals surface area contributed by atoms with Crippen LogP contribution in [0.25, 0.3) is 16.8 Å². The Morgan fingerprint density at radius 1 is 1.41 bits per heavy atom. The third-order valence-electron chi connectivity index (χ3n) is 3.01. The number of nitrogens with two attached hydrogens (primary N) is 1. The molecular formula is C16H15ClN4O. The van der Waals surface area contributed by atoms with Crippen molar-refractivity contribution in [3.63, 3.8) is 0 Å². The smallest absolute Gasteiger partial charge is 0.274 e. The lowest BCUT2D eigenvalue weighted by Crippen LogP contribution is -2.16. The summed E-state index contributed by atoms with van der Waals surface area (Å²) in [6.07, 6.45) is 4.37. The standard InChI is InChI=1S/C16H15ClN4O/c1-10(19-9-3-8-18)15-14(11(2)20-21-16(15)22)12-4-6-13(17)7-5-12/h3-9H,1,18H2,2H3,(H,21,22)/b8-3-,19-9-. The lowest BCUT2D eigenvalue weighted by atomic mass is 9.98. The molecule has 0 aliphatic carbocycles. The predicted octanol–water partition coefficient (Wildman–Crippen LogP) is 2.91. The summed E-state index contributed by atoms with van der Waals surface area (Å²) in [4.78, 5) is 16.3. The van der Waals surface area contributed by atoms with E-state index in [1.165, 1.54) is 12.4 Å². The molecule has 2 aromatic rings. The number of hydrogen-bond acceptors (Lipinski definition) is 4. The quantitative estimate of drug-likeness (QED) is 0.851. The van der Waals surface area contributed by atoms with Crippen LogP contribution in [0, 0.1) is 6.92 Å². The molecule has 112 valence electrons. The molecule has 0 amide bonds. The lowest BCUT2D eigenvalue weighted by Gasteiger charge is -2.11. The Labute approximate surface area is 132 Å². The van der Waals surface area contributed by atoms with Crippen molar-refractivity contribution in [1.29, 1.82) is 0 Å². The summed E-state index contributed by atoms with van der Waals surface area (Å²) in [7, 11) is 0. The van der Waals surface area contributed by atoms with Crippen molar-refractivity contribution in [2.24, 2.45) is 10.7 Å². The number of aliphatic imine (C=N–C) groups is 1. The summed E-state index contributed by atoms with van der Waals surface area (Å²) in [6, 6.07) is 7.16. The Hall–Kier alpha value is -2.66. The summed E-state index contributed by atoms with van der Waals surface area (Å²) in [6.45, 7) is 5.66. The van der Waals surface area contributed by atoms with Gasteiger partial charge in [-0.05, 0) is 36.9 Å². The maximum Gasteiger partial charge on any atom is 0.274 e. The molecule has 22 heavy (non-hydrogen) atoms. The maximum absolute atomic E-state index is 12.2. The van der Waals surface area contributed by atoms with E-state index in [0.717, 1.165) is 5.56 Å². The Kier molecular flexibility index (Phi) is 4.91. The van der Waals surface area contributed by atoms with Crippen LogP contribution in [0.15, 0.2) is 52.9 Å². The third-order valence-corrected chi connectivity index (χ3v) is 3.27. The van der Waals surface area contributed by atoms with E-state index in [4.69, 9.17) is 17.3 Å². The molecule has 2 rings (SSSR count). The van der Waals surface area contributed by atoms with Crippen LogP contribution in [0.2, 0.25) is 5.02 Å². The van der Waals surface area contributed by atoms with Gasteiger partial charge in [0, 0.05) is 16.8 Å². The van der Waals surface area contributed by atoms with Crippen molar-refractivity contribution >= 4 is 23.5 Å². The monoisotopic (exact) mass is 314 g/mol. The van der Waals surface area contributed by atoms with Crippen LogP contribution in [0.1, 0.15) is 11.3 Å². The van der Waals surface area contributed by atoms with Gasteiger partial charge in [0.25, 0.3) is 5.56 Å². The first kappa shape index (κ1) is 15.7. The molecule has 1 heterocycles. The van der Waals surface area contributed by atoms with Crippen LogP contribution < -0.4 is 11.3 Å². The molecular weight excluding hydrogens is 300 g/mol. The van der Waals surface area contributed by atoms with Gasteiger partial charge in [-0.25, -0.2) is 5.10 Å². The van der Waals surface area contributed by atoms with Gasteiger partial charge >= 0.3 is 0 Å². The summed E-state index contributed by atoms with van der Waals surface area (Å²) in [5.41, 5.74) is 7.77. The van der Waals surface area contributed by atoms with E-state index in [-0.39, 0.29) is 5.56 Å². The van der Waals surface area contributed by atoms with E-state index in [1.54, 1.807) is 25.1 Å². The topological polar surface area (TPSA) is 84.1 Å². The van der Waals surface area contributed by atoms with E-state index >= 15 is 0 Å². The van der Waals surface area contributed by atoms with Gasteiger partial charge in [0.15, 0.2) is 0 Å². The number of H-pyrrole nitrogens is 1. The first-order valence-electron chi connectivity index (χ1n) is 6.50. The SMILES string of the molecule is C=C(/N=C\C=C/N)c1c(-c2ccc(Cl)cc2)c(C)n[nH]c1=O. The molecule has 0 saturated carbocycles. The maximum atomic E-state index is 12.2. The summed E-state index contributed by atoms with van der Waals surface area (Å²) in [5, 5.41) is 7.09. The number of rotatable bonds is 4. The number of aromatic amines is 1. The Bertz CT molecular complexity index is 804. The average Bonchev–Trinajstić information content (AvgIpc) is 2.50. The summed E-state index contributed by atoms with van der Waals surface area (Å²) < 4.78 is 0. The predicted molar refractivity (Wildman–Crippen MR) is 90.9 cm³/mol. The second-order valence-electron chi connectivity index (χ2n) is 4.50. The molecule has 0 bridgehead atoms. The summed E-state index contributed by atoms with van der Waals surface area (Å²) >= 11 is 5.91. The van der Waals surface area contributed by atoms with Crippen LogP contribution in [0.4, 0.5) is 0 Å². The van der Waals surface area contributed by atoms with Gasteiger partial charge in [-0.15, -0.1) is 0 Å². The number of aromatic nitrogens is 2. The van der Waals surface area contributed by atoms with Crippen molar-refractivity contribution in [3.05, 3.63) is 69.8 Å². The summed E-state index contributed by atoms with van der Waals surface area (Å²) in [5.74, 6) is 0. The molecule has 5 nitrogen and oxygen atoms in total. The molecule has 0 atom stereocenters. The van der Waals surface area contributed by atoms with Crippen LogP contribution in [0.5, 0.6) is 0 Å². The Morgan fingerprint density at radius 3 is 2.73 bits per heavy atom. The highest BCUT2D eigenvalue weighted by Crippen LogP contribution is 2.29. The number of nitrogens with one attached hydrogen (secondary N) is 1. The average molecular weight is 315 g/mol. The van der Waals surface area contributed by atoms with Crippen LogP contribution in [0.3, 0.4) is 0 Å². The van der Waals surface area contributed by atoms with Crippen molar-refractivity contribution in [2.75, 3.05) is 0 Å². The normalized spacial score (nSPS) is 11.4. The second-order valence-corrected chi connectivity index (χ2v) is 4.94. The molecule has 3 N–H and O–H groups in total. The van der Waals surface area contributed by atoms with Gasteiger partial charge in [0.2, 0.25) is 0 Å². The molecule has 0 spiro atoms. The van der Waals surface area contributed by atoms with Crippen LogP contribution in [-0.4, -0.2) is 16.4 Å². The third kappa shape index (κ3) is 3.32. The molecule has 0 fully saturated rings. The molecule has 0 aliphatic rings. The largest absolute Gasteiger partial charge is 0.405 e. The van der Waals surface area contributed by atoms with Gasteiger partial charge < -0.3 is 5.73 Å². The van der Waals surface area contributed by atoms with Crippen molar-refractivity contribution in [1.82, 2.24) is 10.2 Å². The lowest BCUT2D eigenvalue weighted by molar-refractivity contribution is 0.942. The van der Waals surface area contributed by atoms with Gasteiger partial charge in [0.05, 0.1) is 17.0 Å². The first-order chi connectivity index (χ1) is 10.5. The molecule has 0 radical (unpaired) electrons. The molecule has 0 aliphatic heterocycles. The second kappa shape index (κ2) is 6.87. The van der Waals surface area contributed by atoms with Gasteiger partial charge in [-0.3, -0.25) is 9.79 Å². The van der Waals surface area contributed by atoms with Gasteiger partial charge in [0.1, 0.15) is 0 Å². The number of aryl methyl sites for hydroxylation is 1. The van der Waals surface area contributed by atoms with Crippen LogP contribution in [-0.2, 0) is 0 Å². The molecule has 1 aromatic carbocycles. The van der Waals surface area contributed by atoms with E-state index in [2.05, 4.69) is 21.8 Å². The fraction of sp³-hybridized carbons (Fsp3) is 0.0625. The molecule has 0 unspecified atom stereocenters. The van der Waals surface area contributed by atoms with Crippen molar-refractivity contribution < 1.29 is 0 Å². The zero-order chi connectivity index (χ0) is 16.1. The fourth-order valence-corrected chi connectivity index (χ4v) is 2.16. The Morgan fingerprint density at radius 2 is 2.09 bits per heavy atom. The van der Waals surface area contributed by atoms with Gasteiger partial charge in [-0.2, -0.15) is 5.10 Å². The highest BCUT2D eigenvalue weighted by atomic mass is 35.5. The molecule has 0 saturated heterocycles. The number of allylic oxidation sites excluding steroid dienone is 1. The van der Waals surface area contributed by atoms with E-state index in [9.17, 15) is 4.79 Å². The van der Waals surface area contributed by atoms with Crippen molar-refractivity contribution in [3.8, 4) is 11.1 Å². The van der Waals surface area contributed by atoms with Crippen molar-refractivity contribution in [2.45, 2.75) is 6.92 Å². The minimum atomic E-state index is -0.352. The zero-order valence-corrected chi connectivity index (χ0v) is 12.8. The van der Waals surface area contributed by atoms with E-state index in [0.29, 0.717) is 27.5 Å². The first-order valence-corrected chi connectivity index (χ1v) is 6.88. The minimum Gasteiger partial charge on any atom is -0.405 e. The fourth-order valence-electron chi connectivity index (χ4n) is 2.03. The van der Waals surface area contributed by atoms with Crippen LogP contribution >= 0.6 is 11.6 Å². The highest BCUT2D eigenvalue weighted by molar-refractivity contribution is 6.30. The number of nitrogens with zero attached hydrogens (tertiary/aromatic N) is 2. The number of hydrogen-bond donors (Lipinski definition) is 2. The minimum absolute atomic E-state index is 0.329. The highest BCUT2D eigenvalue weighted by Gasteiger charge is 2.15. The zero-order valence-electron chi connectivity index (χ0n) is 12.0. The molecule has 6 heteroatoms. The number of halogens is 1. The van der Waals surface area contributed by atoms with E-state index in [1.807, 2.05) is 12.1 Å². The van der Waals surface area contributed by atoms with Gasteiger partial charge in [-0.1, -0.05) is 30.3 Å². The van der Waals surface area contributed by atoms with E-state index < -0.39 is 0 Å². The number of benzene rings is 1. The Balaban J connectivity index is 2.63. The molecule has 1 aromatic heterocycles.